The van der Waals surface area contributed by atoms with Crippen LogP contribution >= 0.6 is 11.6 Å². The van der Waals surface area contributed by atoms with E-state index in [-0.39, 0.29) is 23.7 Å². The van der Waals surface area contributed by atoms with Crippen LogP contribution in [0.1, 0.15) is 51.4 Å². The quantitative estimate of drug-likeness (QED) is 0.296. The molecule has 7 heteroatoms. The highest BCUT2D eigenvalue weighted by Gasteiger charge is 2.62. The van der Waals surface area contributed by atoms with Gasteiger partial charge in [0.25, 0.3) is 0 Å². The van der Waals surface area contributed by atoms with Crippen LogP contribution in [0.15, 0.2) is 72.8 Å². The Morgan fingerprint density at radius 3 is 1.69 bits per heavy atom. The summed E-state index contributed by atoms with van der Waals surface area (Å²) >= 11 is 5.86. The van der Waals surface area contributed by atoms with Crippen molar-refractivity contribution >= 4 is 35.2 Å². The maximum absolute atomic E-state index is 13.7. The number of nitrogens with zero attached hydrogens (tertiary/aromatic N) is 1. The number of carbonyl (C=O) groups excluding carboxylic acids is 4. The first kappa shape index (κ1) is 22.7. The van der Waals surface area contributed by atoms with Crippen molar-refractivity contribution in [3.63, 3.8) is 0 Å². The highest BCUT2D eigenvalue weighted by Crippen LogP contribution is 2.61. The monoisotopic (exact) mass is 499 g/mol. The second kappa shape index (κ2) is 8.42. The number of halogens is 1. The molecule has 4 aliphatic rings. The Bertz CT molecular complexity index is 1320. The van der Waals surface area contributed by atoms with Crippen LogP contribution in [0.2, 0.25) is 5.02 Å². The number of ketones is 1. The van der Waals surface area contributed by atoms with Gasteiger partial charge in [-0.25, -0.2) is 4.79 Å². The molecule has 7 rings (SSSR count). The molecule has 3 atom stereocenters. The number of imide groups is 1. The van der Waals surface area contributed by atoms with E-state index in [0.29, 0.717) is 10.6 Å². The molecule has 3 aromatic carbocycles. The number of rotatable bonds is 5. The smallest absolute Gasteiger partial charge is 0.329 e. The molecule has 2 bridgehead atoms. The third-order valence-electron chi connectivity index (χ3n) is 7.72. The van der Waals surface area contributed by atoms with E-state index in [1.54, 1.807) is 24.3 Å². The molecule has 3 aromatic rings. The number of ether oxygens (including phenoxy) is 1. The van der Waals surface area contributed by atoms with E-state index in [9.17, 15) is 19.2 Å². The summed E-state index contributed by atoms with van der Waals surface area (Å²) in [4.78, 5) is 53.8. The van der Waals surface area contributed by atoms with Gasteiger partial charge in [0.2, 0.25) is 11.8 Å². The average molecular weight is 500 g/mol. The fraction of sp³-hybridized carbons (Fsp3) is 0.241. The average Bonchev–Trinajstić information content (AvgIpc) is 3.17. The lowest BCUT2D eigenvalue weighted by Gasteiger charge is -2.45. The topological polar surface area (TPSA) is 80.8 Å². The van der Waals surface area contributed by atoms with E-state index in [4.69, 9.17) is 16.3 Å². The molecule has 1 fully saturated rings. The molecule has 1 saturated heterocycles. The fourth-order valence-electron chi connectivity index (χ4n) is 6.16. The van der Waals surface area contributed by atoms with E-state index in [0.717, 1.165) is 27.2 Å². The van der Waals surface area contributed by atoms with Crippen LogP contribution in [0, 0.1) is 11.8 Å². The second-order valence-corrected chi connectivity index (χ2v) is 9.96. The van der Waals surface area contributed by atoms with Crippen molar-refractivity contribution in [3.05, 3.63) is 106 Å². The molecule has 1 heterocycles. The Balaban J connectivity index is 1.26. The molecule has 0 spiro atoms. The van der Waals surface area contributed by atoms with Gasteiger partial charge in [-0.15, -0.1) is 0 Å². The Labute approximate surface area is 212 Å². The van der Waals surface area contributed by atoms with Gasteiger partial charge in [0.15, 0.2) is 12.4 Å². The van der Waals surface area contributed by atoms with Gasteiger partial charge >= 0.3 is 5.97 Å². The first-order valence-electron chi connectivity index (χ1n) is 11.9. The summed E-state index contributed by atoms with van der Waals surface area (Å²) in [6, 6.07) is 21.0. The predicted octanol–water partition coefficient (Wildman–Crippen LogP) is 4.35. The van der Waals surface area contributed by atoms with Crippen molar-refractivity contribution in [2.75, 3.05) is 6.61 Å². The molecule has 180 valence electrons. The van der Waals surface area contributed by atoms with Crippen molar-refractivity contribution in [2.24, 2.45) is 11.8 Å². The minimum absolute atomic E-state index is 0.247. The molecule has 36 heavy (non-hydrogen) atoms. The van der Waals surface area contributed by atoms with Gasteiger partial charge in [0, 0.05) is 22.4 Å². The molecule has 0 N–H and O–H groups in total. The van der Waals surface area contributed by atoms with Gasteiger partial charge < -0.3 is 4.74 Å². The van der Waals surface area contributed by atoms with Gasteiger partial charge in [-0.05, 0) is 53.4 Å². The number of hydrogen-bond donors (Lipinski definition) is 0. The van der Waals surface area contributed by atoms with Crippen LogP contribution in [-0.2, 0) is 19.1 Å². The Morgan fingerprint density at radius 1 is 0.806 bits per heavy atom. The highest BCUT2D eigenvalue weighted by molar-refractivity contribution is 6.30. The molecule has 2 amide bonds. The third-order valence-corrected chi connectivity index (χ3v) is 7.97. The minimum atomic E-state index is -1.14. The number of esters is 1. The summed E-state index contributed by atoms with van der Waals surface area (Å²) < 4.78 is 5.24. The standard InChI is InChI=1S/C29H22ClNO5/c1-15(29(35)36-14-22(32)16-10-12-17(30)13-11-16)31-27(33)25-23-18-6-2-3-7-19(18)24(26(25)28(31)34)21-9-5-4-8-20(21)23/h2-13,15,23-26H,14H2,1H3/t15-,23?,24?,25-,26+/m0/s1. The SMILES string of the molecule is C[C@@H](C(=O)OCC(=O)c1ccc(Cl)cc1)N1C(=O)[C@@H]2C3c4ccccc4C(c4ccccc43)[C@@H]2C1=O. The van der Waals surface area contributed by atoms with Crippen LogP contribution in [0.25, 0.3) is 0 Å². The second-order valence-electron chi connectivity index (χ2n) is 9.52. The zero-order chi connectivity index (χ0) is 25.1. The summed E-state index contributed by atoms with van der Waals surface area (Å²) in [6.45, 7) is 0.987. The van der Waals surface area contributed by atoms with E-state index in [2.05, 4.69) is 0 Å². The first-order chi connectivity index (χ1) is 17.4. The van der Waals surface area contributed by atoms with Crippen LogP contribution in [0.3, 0.4) is 0 Å². The van der Waals surface area contributed by atoms with Gasteiger partial charge in [-0.3, -0.25) is 19.3 Å². The lowest BCUT2D eigenvalue weighted by Crippen LogP contribution is -2.45. The summed E-state index contributed by atoms with van der Waals surface area (Å²) in [5.74, 6) is -3.55. The lowest BCUT2D eigenvalue weighted by molar-refractivity contribution is -0.157. The molecular weight excluding hydrogens is 478 g/mol. The van der Waals surface area contributed by atoms with Crippen LogP contribution < -0.4 is 0 Å². The minimum Gasteiger partial charge on any atom is -0.456 e. The van der Waals surface area contributed by atoms with Crippen molar-refractivity contribution in [1.82, 2.24) is 4.90 Å². The molecule has 0 radical (unpaired) electrons. The Morgan fingerprint density at radius 2 is 1.25 bits per heavy atom. The largest absolute Gasteiger partial charge is 0.456 e. The number of carbonyl (C=O) groups is 4. The maximum atomic E-state index is 13.7. The summed E-state index contributed by atoms with van der Waals surface area (Å²) in [5, 5.41) is 0.489. The van der Waals surface area contributed by atoms with Crippen molar-refractivity contribution in [2.45, 2.75) is 24.8 Å². The summed E-state index contributed by atoms with van der Waals surface area (Å²) in [6.07, 6.45) is 0. The maximum Gasteiger partial charge on any atom is 0.329 e. The molecular formula is C29H22ClNO5. The number of Topliss-reactive ketones (excluding diaryl/α,β-unsaturated/α-hetero) is 1. The van der Waals surface area contributed by atoms with Crippen LogP contribution in [0.4, 0.5) is 0 Å². The molecule has 6 nitrogen and oxygen atoms in total. The van der Waals surface area contributed by atoms with Crippen molar-refractivity contribution < 1.29 is 23.9 Å². The number of likely N-dealkylation sites (tertiary alicyclic amines) is 1. The van der Waals surface area contributed by atoms with Crippen molar-refractivity contribution in [1.29, 1.82) is 0 Å². The molecule has 0 unspecified atom stereocenters. The van der Waals surface area contributed by atoms with Gasteiger partial charge in [-0.2, -0.15) is 0 Å². The molecule has 3 aliphatic carbocycles. The fourth-order valence-corrected chi connectivity index (χ4v) is 6.29. The Kier molecular flexibility index (Phi) is 5.30. The van der Waals surface area contributed by atoms with E-state index in [1.807, 2.05) is 48.5 Å². The van der Waals surface area contributed by atoms with E-state index in [1.165, 1.54) is 6.92 Å². The van der Waals surface area contributed by atoms with Gasteiger partial charge in [-0.1, -0.05) is 60.1 Å². The Hall–Kier alpha value is -3.77. The molecule has 1 aliphatic heterocycles. The van der Waals surface area contributed by atoms with Crippen LogP contribution in [-0.4, -0.2) is 41.1 Å². The predicted molar refractivity (Wildman–Crippen MR) is 132 cm³/mol. The number of amides is 2. The zero-order valence-electron chi connectivity index (χ0n) is 19.4. The highest BCUT2D eigenvalue weighted by atomic mass is 35.5. The summed E-state index contributed by atoms with van der Waals surface area (Å²) in [5.41, 5.74) is 4.61. The number of benzene rings is 3. The molecule has 0 aromatic heterocycles. The normalized spacial score (nSPS) is 24.1. The summed E-state index contributed by atoms with van der Waals surface area (Å²) in [7, 11) is 0. The molecule has 0 saturated carbocycles. The first-order valence-corrected chi connectivity index (χ1v) is 12.3. The van der Waals surface area contributed by atoms with Gasteiger partial charge in [0.1, 0.15) is 6.04 Å². The van der Waals surface area contributed by atoms with Crippen molar-refractivity contribution in [3.8, 4) is 0 Å². The van der Waals surface area contributed by atoms with E-state index < -0.39 is 36.2 Å². The van der Waals surface area contributed by atoms with Crippen LogP contribution in [0.5, 0.6) is 0 Å². The zero-order valence-corrected chi connectivity index (χ0v) is 20.1. The van der Waals surface area contributed by atoms with Gasteiger partial charge in [0.05, 0.1) is 11.8 Å². The third kappa shape index (κ3) is 3.24. The van der Waals surface area contributed by atoms with E-state index >= 15 is 0 Å². The number of hydrogen-bond acceptors (Lipinski definition) is 5. The lowest BCUT2D eigenvalue weighted by atomic mass is 9.55.